The lowest BCUT2D eigenvalue weighted by Gasteiger charge is -2.29. The molecular weight excluding hydrogens is 216 g/mol. The van der Waals surface area contributed by atoms with Gasteiger partial charge in [0.25, 0.3) is 0 Å². The Kier molecular flexibility index (Phi) is 4.79. The molecule has 0 aromatic carbocycles. The van der Waals surface area contributed by atoms with Crippen LogP contribution in [0.1, 0.15) is 26.2 Å². The molecular formula is C13H26N2O2. The molecule has 1 saturated carbocycles. The van der Waals surface area contributed by atoms with E-state index < -0.39 is 0 Å². The molecule has 0 spiro atoms. The van der Waals surface area contributed by atoms with Crippen LogP contribution in [0, 0.1) is 0 Å². The molecule has 0 amide bonds. The number of hydrogen-bond acceptors (Lipinski definition) is 4. The van der Waals surface area contributed by atoms with Gasteiger partial charge in [-0.3, -0.25) is 4.90 Å². The van der Waals surface area contributed by atoms with Crippen LogP contribution in [0.15, 0.2) is 0 Å². The summed E-state index contributed by atoms with van der Waals surface area (Å²) in [6, 6.07) is 1.33. The Morgan fingerprint density at radius 1 is 1.12 bits per heavy atom. The highest BCUT2D eigenvalue weighted by molar-refractivity contribution is 4.96. The van der Waals surface area contributed by atoms with Crippen LogP contribution >= 0.6 is 0 Å². The molecule has 1 aliphatic carbocycles. The van der Waals surface area contributed by atoms with Gasteiger partial charge in [-0.15, -0.1) is 0 Å². The van der Waals surface area contributed by atoms with Gasteiger partial charge in [0.05, 0.1) is 12.2 Å². The van der Waals surface area contributed by atoms with Crippen molar-refractivity contribution < 1.29 is 9.47 Å². The zero-order valence-corrected chi connectivity index (χ0v) is 11.3. The second-order valence-corrected chi connectivity index (χ2v) is 5.16. The smallest absolute Gasteiger partial charge is 0.0971 e. The van der Waals surface area contributed by atoms with E-state index in [9.17, 15) is 0 Å². The molecule has 0 aromatic heterocycles. The van der Waals surface area contributed by atoms with Crippen LogP contribution in [0.3, 0.4) is 0 Å². The van der Waals surface area contributed by atoms with Gasteiger partial charge in [-0.2, -0.15) is 0 Å². The van der Waals surface area contributed by atoms with Crippen molar-refractivity contribution in [2.45, 2.75) is 50.5 Å². The minimum Gasteiger partial charge on any atom is -0.377 e. The number of methoxy groups -OCH3 is 2. The Balaban J connectivity index is 1.94. The van der Waals surface area contributed by atoms with Gasteiger partial charge in [-0.05, 0) is 19.4 Å². The van der Waals surface area contributed by atoms with Gasteiger partial charge in [0.15, 0.2) is 0 Å². The minimum absolute atomic E-state index is 0.239. The maximum atomic E-state index is 5.51. The van der Waals surface area contributed by atoms with Crippen LogP contribution in [0.25, 0.3) is 0 Å². The Bertz CT molecular complexity index is 225. The number of ether oxygens (including phenoxy) is 2. The summed E-state index contributed by atoms with van der Waals surface area (Å²) in [7, 11) is 3.58. The van der Waals surface area contributed by atoms with Gasteiger partial charge in [-0.25, -0.2) is 0 Å². The first-order valence-electron chi connectivity index (χ1n) is 6.83. The van der Waals surface area contributed by atoms with Gasteiger partial charge in [0, 0.05) is 39.4 Å². The molecule has 2 rings (SSSR count). The molecule has 1 aliphatic heterocycles. The van der Waals surface area contributed by atoms with Crippen LogP contribution in [-0.4, -0.2) is 63.0 Å². The number of likely N-dealkylation sites (tertiary alicyclic amines) is 1. The summed E-state index contributed by atoms with van der Waals surface area (Å²) in [4.78, 5) is 2.56. The van der Waals surface area contributed by atoms with Crippen LogP contribution < -0.4 is 5.32 Å². The van der Waals surface area contributed by atoms with Crippen molar-refractivity contribution >= 4 is 0 Å². The summed E-state index contributed by atoms with van der Waals surface area (Å²) in [5.74, 6) is 0. The fourth-order valence-electron chi connectivity index (χ4n) is 3.37. The lowest BCUT2D eigenvalue weighted by molar-refractivity contribution is -0.00461. The Labute approximate surface area is 105 Å². The first kappa shape index (κ1) is 13.3. The number of hydrogen-bond donors (Lipinski definition) is 1. The third-order valence-electron chi connectivity index (χ3n) is 4.26. The number of nitrogens with one attached hydrogen (secondary N) is 1. The summed E-state index contributed by atoms with van der Waals surface area (Å²) in [5, 5.41) is 3.61. The Hall–Kier alpha value is -0.160. The van der Waals surface area contributed by atoms with Gasteiger partial charge in [-0.1, -0.05) is 13.3 Å². The van der Waals surface area contributed by atoms with Crippen molar-refractivity contribution in [1.29, 1.82) is 0 Å². The molecule has 0 bridgehead atoms. The van der Waals surface area contributed by atoms with Gasteiger partial charge in [0.2, 0.25) is 0 Å². The molecule has 2 fully saturated rings. The maximum absolute atomic E-state index is 5.51. The Morgan fingerprint density at radius 3 is 2.29 bits per heavy atom. The molecule has 0 aromatic rings. The lowest BCUT2D eigenvalue weighted by atomic mass is 10.1. The van der Waals surface area contributed by atoms with Crippen LogP contribution in [0.2, 0.25) is 0 Å². The first-order chi connectivity index (χ1) is 8.30. The first-order valence-corrected chi connectivity index (χ1v) is 6.83. The van der Waals surface area contributed by atoms with E-state index in [1.165, 1.54) is 19.3 Å². The Morgan fingerprint density at radius 2 is 1.76 bits per heavy atom. The van der Waals surface area contributed by atoms with Crippen molar-refractivity contribution in [2.24, 2.45) is 0 Å². The summed E-state index contributed by atoms with van der Waals surface area (Å²) in [6.07, 6.45) is 4.44. The lowest BCUT2D eigenvalue weighted by Crippen LogP contribution is -2.46. The molecule has 4 atom stereocenters. The van der Waals surface area contributed by atoms with Crippen LogP contribution in [-0.2, 0) is 9.47 Å². The van der Waals surface area contributed by atoms with E-state index in [0.717, 1.165) is 19.6 Å². The quantitative estimate of drug-likeness (QED) is 0.775. The standard InChI is InChI=1S/C13H26N2O2/c1-4-14-10-6-5-7-11(10)15-8-12(16-2)13(9-15)17-3/h10-14H,4-9H2,1-3H3. The third kappa shape index (κ3) is 2.81. The van der Waals surface area contributed by atoms with Crippen molar-refractivity contribution in [3.63, 3.8) is 0 Å². The average molecular weight is 242 g/mol. The second-order valence-electron chi connectivity index (χ2n) is 5.16. The molecule has 4 heteroatoms. The largest absolute Gasteiger partial charge is 0.377 e. The summed E-state index contributed by atoms with van der Waals surface area (Å²) < 4.78 is 11.0. The van der Waals surface area contributed by atoms with Crippen LogP contribution in [0.4, 0.5) is 0 Å². The van der Waals surface area contributed by atoms with Crippen molar-refractivity contribution in [2.75, 3.05) is 33.9 Å². The van der Waals surface area contributed by atoms with Gasteiger partial charge < -0.3 is 14.8 Å². The number of likely N-dealkylation sites (N-methyl/N-ethyl adjacent to an activating group) is 1. The molecule has 2 aliphatic rings. The second kappa shape index (κ2) is 6.14. The predicted octanol–water partition coefficient (Wildman–Crippen LogP) is 0.863. The molecule has 4 nitrogen and oxygen atoms in total. The van der Waals surface area contributed by atoms with E-state index in [2.05, 4.69) is 17.1 Å². The fraction of sp³-hybridized carbons (Fsp3) is 1.00. The molecule has 17 heavy (non-hydrogen) atoms. The predicted molar refractivity (Wildman–Crippen MR) is 68.3 cm³/mol. The fourth-order valence-corrected chi connectivity index (χ4v) is 3.37. The highest BCUT2D eigenvalue weighted by Crippen LogP contribution is 2.28. The molecule has 1 N–H and O–H groups in total. The highest BCUT2D eigenvalue weighted by atomic mass is 16.5. The zero-order valence-electron chi connectivity index (χ0n) is 11.3. The van der Waals surface area contributed by atoms with E-state index in [1.807, 2.05) is 0 Å². The van der Waals surface area contributed by atoms with Crippen molar-refractivity contribution in [1.82, 2.24) is 10.2 Å². The number of nitrogens with zero attached hydrogens (tertiary/aromatic N) is 1. The van der Waals surface area contributed by atoms with E-state index in [4.69, 9.17) is 9.47 Å². The van der Waals surface area contributed by atoms with Gasteiger partial charge >= 0.3 is 0 Å². The molecule has 100 valence electrons. The van der Waals surface area contributed by atoms with Crippen LogP contribution in [0.5, 0.6) is 0 Å². The molecule has 1 heterocycles. The van der Waals surface area contributed by atoms with E-state index in [-0.39, 0.29) is 12.2 Å². The third-order valence-corrected chi connectivity index (χ3v) is 4.26. The SMILES string of the molecule is CCNC1CCCC1N1CC(OC)C(OC)C1. The molecule has 4 unspecified atom stereocenters. The topological polar surface area (TPSA) is 33.7 Å². The zero-order chi connectivity index (χ0) is 12.3. The van der Waals surface area contributed by atoms with E-state index >= 15 is 0 Å². The molecule has 0 radical (unpaired) electrons. The minimum atomic E-state index is 0.239. The number of rotatable bonds is 5. The summed E-state index contributed by atoms with van der Waals surface area (Å²) >= 11 is 0. The molecule has 1 saturated heterocycles. The average Bonchev–Trinajstić information content (AvgIpc) is 2.94. The van der Waals surface area contributed by atoms with Gasteiger partial charge in [0.1, 0.15) is 0 Å². The van der Waals surface area contributed by atoms with E-state index in [0.29, 0.717) is 12.1 Å². The highest BCUT2D eigenvalue weighted by Gasteiger charge is 2.40. The maximum Gasteiger partial charge on any atom is 0.0971 e. The van der Waals surface area contributed by atoms with E-state index in [1.54, 1.807) is 14.2 Å². The summed E-state index contributed by atoms with van der Waals surface area (Å²) in [5.41, 5.74) is 0. The normalized spacial score (nSPS) is 39.0. The summed E-state index contributed by atoms with van der Waals surface area (Å²) in [6.45, 7) is 5.29. The van der Waals surface area contributed by atoms with Crippen molar-refractivity contribution in [3.8, 4) is 0 Å². The monoisotopic (exact) mass is 242 g/mol. The van der Waals surface area contributed by atoms with Crippen molar-refractivity contribution in [3.05, 3.63) is 0 Å².